The number of carbonyl (C=O) groups excluding carboxylic acids is 1. The van der Waals surface area contributed by atoms with Gasteiger partial charge in [0, 0.05) is 20.2 Å². The van der Waals surface area contributed by atoms with Gasteiger partial charge in [-0.25, -0.2) is 4.79 Å². The van der Waals surface area contributed by atoms with Gasteiger partial charge >= 0.3 is 6.03 Å². The summed E-state index contributed by atoms with van der Waals surface area (Å²) in [7, 11) is 1.67. The largest absolute Gasteiger partial charge is 0.383 e. The zero-order valence-electron chi connectivity index (χ0n) is 9.98. The average Bonchev–Trinajstić information content (AvgIpc) is 2.34. The number of hydrogen-bond acceptors (Lipinski definition) is 3. The van der Waals surface area contributed by atoms with Gasteiger partial charge in [0.1, 0.15) is 0 Å². The van der Waals surface area contributed by atoms with Gasteiger partial charge in [-0.15, -0.1) is 0 Å². The quantitative estimate of drug-likeness (QED) is 0.609. The fourth-order valence-electron chi connectivity index (χ4n) is 1.56. The second kappa shape index (κ2) is 7.65. The number of nitrogens with two attached hydrogens (primary N) is 1. The second-order valence-corrected chi connectivity index (χ2v) is 3.66. The van der Waals surface area contributed by atoms with Crippen LogP contribution in [0.2, 0.25) is 0 Å². The van der Waals surface area contributed by atoms with E-state index in [2.05, 4.69) is 10.6 Å². The Morgan fingerprint density at radius 2 is 2.06 bits per heavy atom. The first-order valence-corrected chi connectivity index (χ1v) is 5.54. The van der Waals surface area contributed by atoms with Crippen LogP contribution >= 0.6 is 0 Å². The summed E-state index contributed by atoms with van der Waals surface area (Å²) < 4.78 is 5.16. The lowest BCUT2D eigenvalue weighted by Crippen LogP contribution is -2.37. The van der Waals surface area contributed by atoms with Gasteiger partial charge in [-0.1, -0.05) is 30.3 Å². The lowest BCUT2D eigenvalue weighted by molar-refractivity contribution is 0.167. The first-order chi connectivity index (χ1) is 8.24. The van der Waals surface area contributed by atoms with Crippen LogP contribution in [-0.4, -0.2) is 32.8 Å². The Kier molecular flexibility index (Phi) is 6.06. The number of benzene rings is 1. The van der Waals surface area contributed by atoms with Crippen molar-refractivity contribution in [3.05, 3.63) is 35.9 Å². The fraction of sp³-hybridized carbons (Fsp3) is 0.417. The Morgan fingerprint density at radius 3 is 2.65 bits per heavy atom. The van der Waals surface area contributed by atoms with Crippen molar-refractivity contribution in [3.63, 3.8) is 0 Å². The molecule has 0 aliphatic heterocycles. The molecule has 0 aromatic heterocycles. The van der Waals surface area contributed by atoms with E-state index in [0.29, 0.717) is 19.7 Å². The Balaban J connectivity index is 2.41. The third-order valence-electron chi connectivity index (χ3n) is 2.35. The van der Waals surface area contributed by atoms with E-state index in [1.54, 1.807) is 7.11 Å². The van der Waals surface area contributed by atoms with Crippen molar-refractivity contribution in [2.45, 2.75) is 6.04 Å². The molecule has 0 spiro atoms. The molecule has 0 heterocycles. The van der Waals surface area contributed by atoms with Crippen molar-refractivity contribution in [2.24, 2.45) is 5.73 Å². The highest BCUT2D eigenvalue weighted by atomic mass is 16.5. The summed E-state index contributed by atoms with van der Waals surface area (Å²) in [6.07, 6.45) is 0. The maximum Gasteiger partial charge on any atom is 0.312 e. The molecular weight excluding hydrogens is 218 g/mol. The predicted molar refractivity (Wildman–Crippen MR) is 66.6 cm³/mol. The third-order valence-corrected chi connectivity index (χ3v) is 2.35. The zero-order valence-corrected chi connectivity index (χ0v) is 9.98. The lowest BCUT2D eigenvalue weighted by atomic mass is 10.1. The zero-order chi connectivity index (χ0) is 12.5. The van der Waals surface area contributed by atoms with E-state index < -0.39 is 6.03 Å². The van der Waals surface area contributed by atoms with Crippen LogP contribution in [0.1, 0.15) is 11.6 Å². The fourth-order valence-corrected chi connectivity index (χ4v) is 1.56. The number of hydrogen-bond donors (Lipinski definition) is 3. The summed E-state index contributed by atoms with van der Waals surface area (Å²) in [6, 6.07) is 9.65. The van der Waals surface area contributed by atoms with Crippen LogP contribution in [-0.2, 0) is 4.74 Å². The molecule has 17 heavy (non-hydrogen) atoms. The Hall–Kier alpha value is -1.59. The molecule has 1 aromatic rings. The minimum atomic E-state index is -0.505. The molecule has 0 saturated carbocycles. The SMILES string of the molecule is COCC(NCCNC(N)=O)c1ccccc1. The molecule has 94 valence electrons. The van der Waals surface area contributed by atoms with Crippen LogP contribution < -0.4 is 16.4 Å². The van der Waals surface area contributed by atoms with Gasteiger partial charge in [0.05, 0.1) is 12.6 Å². The second-order valence-electron chi connectivity index (χ2n) is 3.66. The van der Waals surface area contributed by atoms with Gasteiger partial charge < -0.3 is 21.1 Å². The molecule has 1 unspecified atom stereocenters. The molecule has 0 aliphatic rings. The molecule has 5 nitrogen and oxygen atoms in total. The van der Waals surface area contributed by atoms with Gasteiger partial charge in [0.15, 0.2) is 0 Å². The van der Waals surface area contributed by atoms with Crippen LogP contribution in [0.15, 0.2) is 30.3 Å². The monoisotopic (exact) mass is 237 g/mol. The standard InChI is InChI=1S/C12H19N3O2/c1-17-9-11(10-5-3-2-4-6-10)14-7-8-15-12(13)16/h2-6,11,14H,7-9H2,1H3,(H3,13,15,16). The number of amides is 2. The highest BCUT2D eigenvalue weighted by Crippen LogP contribution is 2.11. The third kappa shape index (κ3) is 5.33. The number of methoxy groups -OCH3 is 1. The van der Waals surface area contributed by atoms with E-state index in [0.717, 1.165) is 5.56 Å². The maximum atomic E-state index is 10.5. The number of primary amides is 1. The summed E-state index contributed by atoms with van der Waals surface area (Å²) in [4.78, 5) is 10.5. The van der Waals surface area contributed by atoms with Gasteiger partial charge in [0.25, 0.3) is 0 Å². The molecule has 0 radical (unpaired) electrons. The molecule has 1 aromatic carbocycles. The Bertz CT molecular complexity index is 330. The van der Waals surface area contributed by atoms with Crippen molar-refractivity contribution < 1.29 is 9.53 Å². The smallest absolute Gasteiger partial charge is 0.312 e. The Morgan fingerprint density at radius 1 is 1.35 bits per heavy atom. The lowest BCUT2D eigenvalue weighted by Gasteiger charge is -2.18. The average molecular weight is 237 g/mol. The molecule has 5 heteroatoms. The molecule has 1 rings (SSSR count). The van der Waals surface area contributed by atoms with E-state index >= 15 is 0 Å². The number of urea groups is 1. The molecule has 1 atom stereocenters. The van der Waals surface area contributed by atoms with E-state index in [1.165, 1.54) is 0 Å². The van der Waals surface area contributed by atoms with Crippen LogP contribution in [0.5, 0.6) is 0 Å². The Labute approximate surface area is 101 Å². The molecule has 0 bridgehead atoms. The van der Waals surface area contributed by atoms with Crippen molar-refractivity contribution in [3.8, 4) is 0 Å². The van der Waals surface area contributed by atoms with E-state index in [9.17, 15) is 4.79 Å². The molecule has 2 amide bonds. The summed E-state index contributed by atoms with van der Waals surface area (Å²) >= 11 is 0. The van der Waals surface area contributed by atoms with Crippen molar-refractivity contribution in [1.82, 2.24) is 10.6 Å². The van der Waals surface area contributed by atoms with Crippen LogP contribution in [0.3, 0.4) is 0 Å². The van der Waals surface area contributed by atoms with Crippen LogP contribution in [0.4, 0.5) is 4.79 Å². The minimum absolute atomic E-state index is 0.121. The highest BCUT2D eigenvalue weighted by molar-refractivity contribution is 5.71. The summed E-state index contributed by atoms with van der Waals surface area (Å²) in [5.74, 6) is 0. The molecular formula is C12H19N3O2. The maximum absolute atomic E-state index is 10.5. The minimum Gasteiger partial charge on any atom is -0.383 e. The highest BCUT2D eigenvalue weighted by Gasteiger charge is 2.09. The van der Waals surface area contributed by atoms with Crippen LogP contribution in [0, 0.1) is 0 Å². The van der Waals surface area contributed by atoms with Crippen LogP contribution in [0.25, 0.3) is 0 Å². The number of ether oxygens (including phenoxy) is 1. The number of nitrogens with one attached hydrogen (secondary N) is 2. The normalized spacial score (nSPS) is 12.1. The first kappa shape index (κ1) is 13.5. The van der Waals surface area contributed by atoms with Gasteiger partial charge in [0.2, 0.25) is 0 Å². The van der Waals surface area contributed by atoms with Gasteiger partial charge in [-0.05, 0) is 5.56 Å². The van der Waals surface area contributed by atoms with Crippen molar-refractivity contribution >= 4 is 6.03 Å². The van der Waals surface area contributed by atoms with Crippen molar-refractivity contribution in [1.29, 1.82) is 0 Å². The first-order valence-electron chi connectivity index (χ1n) is 5.54. The van der Waals surface area contributed by atoms with Gasteiger partial charge in [-0.2, -0.15) is 0 Å². The van der Waals surface area contributed by atoms with E-state index in [-0.39, 0.29) is 6.04 Å². The summed E-state index contributed by atoms with van der Waals surface area (Å²) in [6.45, 7) is 1.73. The number of carbonyl (C=O) groups is 1. The van der Waals surface area contributed by atoms with E-state index in [1.807, 2.05) is 30.3 Å². The molecule has 0 fully saturated rings. The molecule has 0 aliphatic carbocycles. The summed E-state index contributed by atoms with van der Waals surface area (Å²) in [5.41, 5.74) is 6.14. The van der Waals surface area contributed by atoms with Gasteiger partial charge in [-0.3, -0.25) is 0 Å². The van der Waals surface area contributed by atoms with Crippen molar-refractivity contribution in [2.75, 3.05) is 26.8 Å². The predicted octanol–water partition coefficient (Wildman–Crippen LogP) is 0.632. The summed E-state index contributed by atoms with van der Waals surface area (Å²) in [5, 5.41) is 5.83. The van der Waals surface area contributed by atoms with E-state index in [4.69, 9.17) is 10.5 Å². The molecule has 4 N–H and O–H groups in total. The molecule has 0 saturated heterocycles. The topological polar surface area (TPSA) is 76.4 Å². The number of rotatable bonds is 7.